The molecule has 1 aromatic carbocycles. The summed E-state index contributed by atoms with van der Waals surface area (Å²) in [7, 11) is 3.09. The second kappa shape index (κ2) is 12.4. The molecule has 0 saturated carbocycles. The Labute approximate surface area is 217 Å². The first-order valence-corrected chi connectivity index (χ1v) is 12.2. The van der Waals surface area contributed by atoms with Crippen LogP contribution in [0.2, 0.25) is 0 Å². The molecule has 0 bridgehead atoms. The van der Waals surface area contributed by atoms with Crippen molar-refractivity contribution in [2.75, 3.05) is 27.3 Å². The zero-order valence-corrected chi connectivity index (χ0v) is 21.1. The van der Waals surface area contributed by atoms with E-state index in [1.54, 1.807) is 20.3 Å². The predicted molar refractivity (Wildman–Crippen MR) is 132 cm³/mol. The first-order chi connectivity index (χ1) is 18.2. The van der Waals surface area contributed by atoms with E-state index in [1.165, 1.54) is 6.20 Å². The molecular formula is C24H34N4O10. The zero-order chi connectivity index (χ0) is 27.4. The van der Waals surface area contributed by atoms with Gasteiger partial charge in [0.2, 0.25) is 0 Å². The Kier molecular flexibility index (Phi) is 9.17. The lowest BCUT2D eigenvalue weighted by atomic mass is 10.1. The highest BCUT2D eigenvalue weighted by atomic mass is 16.7. The molecule has 0 amide bonds. The fourth-order valence-corrected chi connectivity index (χ4v) is 4.61. The lowest BCUT2D eigenvalue weighted by Crippen LogP contribution is -2.44. The smallest absolute Gasteiger partial charge is 0.330 e. The number of H-pyrrole nitrogens is 1. The lowest BCUT2D eigenvalue weighted by molar-refractivity contribution is -0.213. The van der Waals surface area contributed by atoms with Crippen LogP contribution in [0.25, 0.3) is 0 Å². The second-order valence-electron chi connectivity index (χ2n) is 9.14. The van der Waals surface area contributed by atoms with E-state index in [1.807, 2.05) is 12.1 Å². The Morgan fingerprint density at radius 1 is 1.13 bits per heavy atom. The average Bonchev–Trinajstić information content (AvgIpc) is 3.42. The van der Waals surface area contributed by atoms with Gasteiger partial charge in [-0.25, -0.2) is 4.79 Å². The van der Waals surface area contributed by atoms with Crippen LogP contribution in [0.5, 0.6) is 11.5 Å². The molecule has 14 heteroatoms. The van der Waals surface area contributed by atoms with Crippen molar-refractivity contribution in [1.82, 2.24) is 14.9 Å². The Morgan fingerprint density at radius 3 is 2.55 bits per heavy atom. The summed E-state index contributed by atoms with van der Waals surface area (Å²) in [5.41, 5.74) is 5.21. The van der Waals surface area contributed by atoms with Crippen molar-refractivity contribution in [3.8, 4) is 11.5 Å². The third kappa shape index (κ3) is 6.08. The van der Waals surface area contributed by atoms with Crippen LogP contribution < -0.4 is 31.8 Å². The van der Waals surface area contributed by atoms with Crippen LogP contribution in [-0.4, -0.2) is 95.1 Å². The van der Waals surface area contributed by atoms with Crippen molar-refractivity contribution >= 4 is 0 Å². The molecule has 2 aliphatic rings. The van der Waals surface area contributed by atoms with Gasteiger partial charge < -0.3 is 50.1 Å². The highest BCUT2D eigenvalue weighted by Gasteiger charge is 2.46. The van der Waals surface area contributed by atoms with Crippen LogP contribution in [0.3, 0.4) is 0 Å². The van der Waals surface area contributed by atoms with Crippen LogP contribution in [0.15, 0.2) is 40.1 Å². The molecule has 2 saturated heterocycles. The third-order valence-corrected chi connectivity index (χ3v) is 6.64. The number of aromatic amines is 1. The molecule has 38 heavy (non-hydrogen) atoms. The Morgan fingerprint density at radius 2 is 1.89 bits per heavy atom. The predicted octanol–water partition coefficient (Wildman–Crippen LogP) is -2.22. The van der Waals surface area contributed by atoms with Crippen molar-refractivity contribution in [3.05, 3.63) is 56.9 Å². The number of nitrogens with one attached hydrogen (secondary N) is 2. The van der Waals surface area contributed by atoms with Gasteiger partial charge in [-0.2, -0.15) is 0 Å². The van der Waals surface area contributed by atoms with E-state index in [2.05, 4.69) is 10.3 Å². The van der Waals surface area contributed by atoms with Crippen LogP contribution in [0.4, 0.5) is 0 Å². The van der Waals surface area contributed by atoms with Crippen molar-refractivity contribution < 1.29 is 39.0 Å². The molecular weight excluding hydrogens is 504 g/mol. The number of nitrogens with two attached hydrogens (primary N) is 1. The van der Waals surface area contributed by atoms with E-state index >= 15 is 0 Å². The fraction of sp³-hybridized carbons (Fsp3) is 0.583. The van der Waals surface area contributed by atoms with Gasteiger partial charge in [0.05, 0.1) is 26.4 Å². The average molecular weight is 539 g/mol. The molecule has 3 heterocycles. The molecule has 8 atom stereocenters. The number of benzene rings is 1. The summed E-state index contributed by atoms with van der Waals surface area (Å²) in [6, 6.07) is 6.62. The number of nitrogens with zero attached hydrogens (tertiary/aromatic N) is 1. The molecule has 2 aliphatic heterocycles. The summed E-state index contributed by atoms with van der Waals surface area (Å²) in [4.78, 5) is 25.8. The van der Waals surface area contributed by atoms with E-state index in [9.17, 15) is 24.9 Å². The number of methoxy groups -OCH3 is 2. The molecule has 0 radical (unpaired) electrons. The first-order valence-electron chi connectivity index (χ1n) is 12.2. The first kappa shape index (κ1) is 28.2. The van der Waals surface area contributed by atoms with Crippen LogP contribution in [-0.2, 0) is 20.8 Å². The van der Waals surface area contributed by atoms with Crippen molar-refractivity contribution in [3.63, 3.8) is 0 Å². The second-order valence-corrected chi connectivity index (χ2v) is 9.14. The standard InChI is InChI=1S/C24H34N4O10/c1-34-14-4-3-12(7-15(14)35-2)10-26-11-18(38-23-21(32)20(31)17(9-25)37-23)16-8-13(29)22(36-16)28-6-5-19(30)27-24(28)33/h3-7,13,16-18,20-23,26,29,31-32H,8-11,25H2,1-2H3,(H,27,30,33)/t13-,16+,17-,18+,20-,21-,22-,23+/m1/s1. The van der Waals surface area contributed by atoms with E-state index < -0.39 is 60.4 Å². The molecule has 1 aromatic heterocycles. The van der Waals surface area contributed by atoms with Gasteiger partial charge in [0.15, 0.2) is 24.0 Å². The van der Waals surface area contributed by atoms with Gasteiger partial charge in [0.1, 0.15) is 24.4 Å². The molecule has 0 unspecified atom stereocenters. The van der Waals surface area contributed by atoms with Gasteiger partial charge in [0.25, 0.3) is 5.56 Å². The third-order valence-electron chi connectivity index (χ3n) is 6.64. The number of hydrogen-bond donors (Lipinski definition) is 6. The Hall–Kier alpha value is -2.82. The van der Waals surface area contributed by atoms with Crippen molar-refractivity contribution in [2.24, 2.45) is 5.73 Å². The van der Waals surface area contributed by atoms with Gasteiger partial charge in [0, 0.05) is 38.3 Å². The maximum atomic E-state index is 12.3. The van der Waals surface area contributed by atoms with Gasteiger partial charge in [-0.1, -0.05) is 6.07 Å². The molecule has 2 fully saturated rings. The minimum absolute atomic E-state index is 0.0177. The molecule has 4 rings (SSSR count). The topological polar surface area (TPSA) is 200 Å². The fourth-order valence-electron chi connectivity index (χ4n) is 4.61. The lowest BCUT2D eigenvalue weighted by Gasteiger charge is -2.28. The number of hydrogen-bond acceptors (Lipinski definition) is 12. The van der Waals surface area contributed by atoms with E-state index in [4.69, 9.17) is 29.4 Å². The van der Waals surface area contributed by atoms with Crippen LogP contribution >= 0.6 is 0 Å². The highest BCUT2D eigenvalue weighted by Crippen LogP contribution is 2.33. The SMILES string of the molecule is COc1ccc(CNC[C@H](O[C@@H]2O[C@H](CN)[C@@H](O)[C@H]2O)[C@@H]2C[C@@H](O)[C@H](n3ccc(=O)[nH]c3=O)O2)cc1OC. The van der Waals surface area contributed by atoms with Crippen molar-refractivity contribution in [2.45, 2.75) is 62.1 Å². The van der Waals surface area contributed by atoms with Gasteiger partial charge in [-0.3, -0.25) is 14.3 Å². The summed E-state index contributed by atoms with van der Waals surface area (Å²) in [6.45, 7) is 0.575. The summed E-state index contributed by atoms with van der Waals surface area (Å²) in [5, 5.41) is 34.6. The summed E-state index contributed by atoms with van der Waals surface area (Å²) in [5.74, 6) is 1.16. The zero-order valence-electron chi connectivity index (χ0n) is 21.1. The maximum Gasteiger partial charge on any atom is 0.330 e. The quantitative estimate of drug-likeness (QED) is 0.180. The van der Waals surface area contributed by atoms with E-state index in [0.717, 1.165) is 16.2 Å². The number of aliphatic hydroxyl groups is 3. The summed E-state index contributed by atoms with van der Waals surface area (Å²) in [6.07, 6.45) is -6.92. The number of ether oxygens (including phenoxy) is 5. The van der Waals surface area contributed by atoms with Gasteiger partial charge in [-0.15, -0.1) is 0 Å². The molecule has 0 aliphatic carbocycles. The van der Waals surface area contributed by atoms with E-state index in [0.29, 0.717) is 18.0 Å². The largest absolute Gasteiger partial charge is 0.493 e. The van der Waals surface area contributed by atoms with Gasteiger partial charge in [-0.05, 0) is 17.7 Å². The normalized spacial score (nSPS) is 29.9. The summed E-state index contributed by atoms with van der Waals surface area (Å²) >= 11 is 0. The molecule has 7 N–H and O–H groups in total. The molecule has 0 spiro atoms. The van der Waals surface area contributed by atoms with Crippen LogP contribution in [0.1, 0.15) is 18.2 Å². The molecule has 14 nitrogen and oxygen atoms in total. The molecule has 2 aromatic rings. The number of aliphatic hydroxyl groups excluding tert-OH is 3. The minimum Gasteiger partial charge on any atom is -0.493 e. The van der Waals surface area contributed by atoms with Crippen LogP contribution in [0, 0.1) is 0 Å². The minimum atomic E-state index is -1.35. The number of aromatic nitrogens is 2. The monoisotopic (exact) mass is 538 g/mol. The Bertz CT molecular complexity index is 1190. The Balaban J connectivity index is 1.49. The molecule has 210 valence electrons. The maximum absolute atomic E-state index is 12.3. The highest BCUT2D eigenvalue weighted by molar-refractivity contribution is 5.42. The van der Waals surface area contributed by atoms with Crippen molar-refractivity contribution in [1.29, 1.82) is 0 Å². The van der Waals surface area contributed by atoms with Gasteiger partial charge >= 0.3 is 5.69 Å². The summed E-state index contributed by atoms with van der Waals surface area (Å²) < 4.78 is 29.3. The van der Waals surface area contributed by atoms with E-state index in [-0.39, 0.29) is 19.5 Å². The number of rotatable bonds is 11.